The molecule has 0 aliphatic carbocycles. The van der Waals surface area contributed by atoms with Crippen molar-refractivity contribution in [2.75, 3.05) is 0 Å². The van der Waals surface area contributed by atoms with Crippen molar-refractivity contribution in [1.82, 2.24) is 0 Å². The number of fused-ring (bicyclic) bond motifs is 3. The predicted molar refractivity (Wildman–Crippen MR) is 116 cm³/mol. The lowest BCUT2D eigenvalue weighted by Crippen LogP contribution is -2.14. The second kappa shape index (κ2) is 7.48. The highest BCUT2D eigenvalue weighted by Crippen LogP contribution is 2.48. The summed E-state index contributed by atoms with van der Waals surface area (Å²) in [6.45, 7) is 9.70. The SMILES string of the molecule is C=C(C)[C@@H]1Cc2c(c(C(=O)CC(C)C)c(O)c3c(-c4ccccc4)cc(=O)oc23)O1. The number of rotatable bonds is 5. The van der Waals surface area contributed by atoms with E-state index in [4.69, 9.17) is 9.15 Å². The number of Topliss-reactive ketones (excluding diaryl/α,β-unsaturated/α-hetero) is 1. The number of phenolic OH excluding ortho intramolecular Hbond substituents is 1. The Bertz CT molecular complexity index is 1220. The molecule has 1 N–H and O–H groups in total. The lowest BCUT2D eigenvalue weighted by molar-refractivity contribution is 0.0961. The Balaban J connectivity index is 2.10. The molecule has 0 fully saturated rings. The highest BCUT2D eigenvalue weighted by molar-refractivity contribution is 6.11. The van der Waals surface area contributed by atoms with Crippen LogP contribution in [0.1, 0.15) is 43.1 Å². The van der Waals surface area contributed by atoms with Gasteiger partial charge in [-0.3, -0.25) is 4.79 Å². The topological polar surface area (TPSA) is 76.7 Å². The molecule has 1 aromatic heterocycles. The van der Waals surface area contributed by atoms with Gasteiger partial charge in [-0.05, 0) is 24.0 Å². The Morgan fingerprint density at radius 2 is 1.97 bits per heavy atom. The third-order valence-corrected chi connectivity index (χ3v) is 5.37. The lowest BCUT2D eigenvalue weighted by atomic mass is 9.91. The van der Waals surface area contributed by atoms with Crippen molar-refractivity contribution in [2.24, 2.45) is 5.92 Å². The van der Waals surface area contributed by atoms with Crippen LogP contribution in [0.25, 0.3) is 22.1 Å². The number of phenols is 1. The van der Waals surface area contributed by atoms with Crippen molar-refractivity contribution in [3.8, 4) is 22.6 Å². The van der Waals surface area contributed by atoms with Crippen LogP contribution < -0.4 is 10.4 Å². The molecule has 1 aliphatic heterocycles. The van der Waals surface area contributed by atoms with E-state index in [1.54, 1.807) is 0 Å². The van der Waals surface area contributed by atoms with Crippen LogP contribution in [0.5, 0.6) is 11.5 Å². The molecule has 30 heavy (non-hydrogen) atoms. The number of hydrogen-bond donors (Lipinski definition) is 1. The van der Waals surface area contributed by atoms with Crippen LogP contribution in [0.4, 0.5) is 0 Å². The van der Waals surface area contributed by atoms with Gasteiger partial charge in [0, 0.05) is 30.0 Å². The zero-order valence-corrected chi connectivity index (χ0v) is 17.3. The van der Waals surface area contributed by atoms with E-state index in [0.29, 0.717) is 28.7 Å². The van der Waals surface area contributed by atoms with Gasteiger partial charge in [-0.1, -0.05) is 50.8 Å². The zero-order valence-electron chi connectivity index (χ0n) is 17.3. The average molecular weight is 404 g/mol. The van der Waals surface area contributed by atoms with E-state index in [1.165, 1.54) is 6.07 Å². The fourth-order valence-corrected chi connectivity index (χ4v) is 3.96. The molecule has 2 heterocycles. The van der Waals surface area contributed by atoms with Gasteiger partial charge in [0.15, 0.2) is 5.78 Å². The molecule has 0 spiro atoms. The van der Waals surface area contributed by atoms with Gasteiger partial charge in [-0.2, -0.15) is 0 Å². The minimum atomic E-state index is -0.525. The molecular weight excluding hydrogens is 380 g/mol. The Hall–Kier alpha value is -3.34. The molecule has 4 rings (SSSR count). The number of aromatic hydroxyl groups is 1. The van der Waals surface area contributed by atoms with E-state index in [2.05, 4.69) is 6.58 Å². The largest absolute Gasteiger partial charge is 0.506 e. The molecule has 0 unspecified atom stereocenters. The van der Waals surface area contributed by atoms with Crippen molar-refractivity contribution in [2.45, 2.75) is 39.7 Å². The summed E-state index contributed by atoms with van der Waals surface area (Å²) < 4.78 is 11.6. The van der Waals surface area contributed by atoms with Gasteiger partial charge in [0.2, 0.25) is 0 Å². The van der Waals surface area contributed by atoms with Gasteiger partial charge < -0.3 is 14.3 Å². The van der Waals surface area contributed by atoms with Crippen molar-refractivity contribution in [1.29, 1.82) is 0 Å². The number of hydrogen-bond acceptors (Lipinski definition) is 5. The molecular formula is C25H24O5. The first-order valence-electron chi connectivity index (χ1n) is 10.0. The summed E-state index contributed by atoms with van der Waals surface area (Å²) in [5.41, 5.74) is 2.59. The fraction of sp³-hybridized carbons (Fsp3) is 0.280. The molecule has 0 bridgehead atoms. The van der Waals surface area contributed by atoms with E-state index >= 15 is 0 Å². The van der Waals surface area contributed by atoms with Crippen LogP contribution in [0.3, 0.4) is 0 Å². The molecule has 0 saturated carbocycles. The minimum absolute atomic E-state index is 0.115. The van der Waals surface area contributed by atoms with Crippen molar-refractivity contribution in [3.63, 3.8) is 0 Å². The maximum Gasteiger partial charge on any atom is 0.336 e. The van der Waals surface area contributed by atoms with Crippen LogP contribution in [0, 0.1) is 5.92 Å². The monoisotopic (exact) mass is 404 g/mol. The Morgan fingerprint density at radius 1 is 1.27 bits per heavy atom. The second-order valence-electron chi connectivity index (χ2n) is 8.26. The highest BCUT2D eigenvalue weighted by atomic mass is 16.5. The van der Waals surface area contributed by atoms with E-state index < -0.39 is 5.63 Å². The molecule has 1 atom stereocenters. The van der Waals surface area contributed by atoms with Crippen LogP contribution in [-0.2, 0) is 6.42 Å². The quantitative estimate of drug-likeness (QED) is 0.356. The van der Waals surface area contributed by atoms with Crippen molar-refractivity contribution < 1.29 is 19.1 Å². The maximum absolute atomic E-state index is 13.1. The van der Waals surface area contributed by atoms with Gasteiger partial charge in [0.05, 0.1) is 5.39 Å². The summed E-state index contributed by atoms with van der Waals surface area (Å²) >= 11 is 0. The number of ether oxygens (including phenoxy) is 1. The lowest BCUT2D eigenvalue weighted by Gasteiger charge is -2.16. The summed E-state index contributed by atoms with van der Waals surface area (Å²) in [5.74, 6) is 0.00323. The molecule has 0 amide bonds. The van der Waals surface area contributed by atoms with Crippen LogP contribution >= 0.6 is 0 Å². The molecule has 5 heteroatoms. The summed E-state index contributed by atoms with van der Waals surface area (Å²) in [6, 6.07) is 10.6. The molecule has 5 nitrogen and oxygen atoms in total. The maximum atomic E-state index is 13.1. The molecule has 2 aromatic carbocycles. The number of benzene rings is 2. The van der Waals surface area contributed by atoms with E-state index in [0.717, 1.165) is 11.1 Å². The number of carbonyl (C=O) groups excluding carboxylic acids is 1. The molecule has 3 aromatic rings. The normalized spacial score (nSPS) is 15.3. The number of carbonyl (C=O) groups is 1. The standard InChI is InChI=1S/C25H24O5/c1-13(2)10-18(26)22-23(28)21-16(15-8-6-5-7-9-15)12-20(27)30-24(21)17-11-19(14(3)4)29-25(17)22/h5-9,12-13,19,28H,3,10-11H2,1-2,4H3/t19-/m0/s1. The van der Waals surface area contributed by atoms with Gasteiger partial charge in [-0.25, -0.2) is 4.79 Å². The second-order valence-corrected chi connectivity index (χ2v) is 8.26. The third kappa shape index (κ3) is 3.30. The Kier molecular flexibility index (Phi) is 4.98. The van der Waals surface area contributed by atoms with Crippen molar-refractivity contribution in [3.05, 3.63) is 70.1 Å². The van der Waals surface area contributed by atoms with Crippen LogP contribution in [0.2, 0.25) is 0 Å². The van der Waals surface area contributed by atoms with E-state index in [9.17, 15) is 14.7 Å². The smallest absolute Gasteiger partial charge is 0.336 e. The Labute approximate surface area is 174 Å². The summed E-state index contributed by atoms with van der Waals surface area (Å²) in [4.78, 5) is 25.5. The van der Waals surface area contributed by atoms with Crippen LogP contribution in [0.15, 0.2) is 57.8 Å². The molecule has 1 aliphatic rings. The predicted octanol–water partition coefficient (Wildman–Crippen LogP) is 5.27. The summed E-state index contributed by atoms with van der Waals surface area (Å²) in [6.07, 6.45) is 0.343. The minimum Gasteiger partial charge on any atom is -0.506 e. The number of ketones is 1. The van der Waals surface area contributed by atoms with Crippen molar-refractivity contribution >= 4 is 16.8 Å². The van der Waals surface area contributed by atoms with E-state index in [1.807, 2.05) is 51.1 Å². The summed E-state index contributed by atoms with van der Waals surface area (Å²) in [7, 11) is 0. The van der Waals surface area contributed by atoms with Gasteiger partial charge >= 0.3 is 5.63 Å². The van der Waals surface area contributed by atoms with Gasteiger partial charge in [0.1, 0.15) is 28.7 Å². The fourth-order valence-electron chi connectivity index (χ4n) is 3.96. The first kappa shape index (κ1) is 20.0. The zero-order chi connectivity index (χ0) is 21.6. The molecule has 0 saturated heterocycles. The first-order chi connectivity index (χ1) is 14.3. The van der Waals surface area contributed by atoms with Gasteiger partial charge in [0.25, 0.3) is 0 Å². The van der Waals surface area contributed by atoms with E-state index in [-0.39, 0.29) is 41.1 Å². The third-order valence-electron chi connectivity index (χ3n) is 5.37. The molecule has 154 valence electrons. The molecule has 0 radical (unpaired) electrons. The Morgan fingerprint density at radius 3 is 2.60 bits per heavy atom. The highest BCUT2D eigenvalue weighted by Gasteiger charge is 2.35. The average Bonchev–Trinajstić information content (AvgIpc) is 3.13. The summed E-state index contributed by atoms with van der Waals surface area (Å²) in [5, 5.41) is 11.6. The van der Waals surface area contributed by atoms with Crippen LogP contribution in [-0.4, -0.2) is 17.0 Å². The van der Waals surface area contributed by atoms with Gasteiger partial charge in [-0.15, -0.1) is 0 Å². The first-order valence-corrected chi connectivity index (χ1v) is 10.0.